The van der Waals surface area contributed by atoms with Gasteiger partial charge in [0, 0.05) is 10.7 Å². The average molecular weight is 335 g/mol. The fraction of sp³-hybridized carbons (Fsp3) is 0.200. The second-order valence-electron chi connectivity index (χ2n) is 4.41. The fourth-order valence-electron chi connectivity index (χ4n) is 1.96. The number of nitrogens with zero attached hydrogens (tertiary/aromatic N) is 1. The lowest BCUT2D eigenvalue weighted by atomic mass is 9.95. The smallest absolute Gasteiger partial charge is 0.226 e. The Morgan fingerprint density at radius 1 is 1.35 bits per heavy atom. The van der Waals surface area contributed by atoms with Gasteiger partial charge < -0.3 is 10.5 Å². The highest BCUT2D eigenvalue weighted by atomic mass is 79.9. The number of ether oxygens (including phenoxy) is 1. The van der Waals surface area contributed by atoms with Crippen molar-refractivity contribution in [2.75, 3.05) is 7.11 Å². The van der Waals surface area contributed by atoms with E-state index in [1.807, 2.05) is 36.4 Å². The number of benzene rings is 1. The zero-order valence-electron chi connectivity index (χ0n) is 11.0. The van der Waals surface area contributed by atoms with Crippen LogP contribution in [0.2, 0.25) is 0 Å². The van der Waals surface area contributed by atoms with Crippen LogP contribution in [-0.4, -0.2) is 18.0 Å². The molecule has 0 radical (unpaired) electrons. The Morgan fingerprint density at radius 3 is 2.60 bits per heavy atom. The van der Waals surface area contributed by atoms with Gasteiger partial charge in [0.1, 0.15) is 5.75 Å². The summed E-state index contributed by atoms with van der Waals surface area (Å²) in [7, 11) is 1.62. The Bertz CT molecular complexity index is 599. The van der Waals surface area contributed by atoms with Gasteiger partial charge in [-0.25, -0.2) is 0 Å². The van der Waals surface area contributed by atoms with E-state index in [0.29, 0.717) is 12.1 Å². The first-order chi connectivity index (χ1) is 9.60. The third-order valence-electron chi connectivity index (χ3n) is 3.04. The van der Waals surface area contributed by atoms with Crippen LogP contribution in [0.1, 0.15) is 17.2 Å². The molecule has 1 aromatic heterocycles. The highest BCUT2D eigenvalue weighted by Crippen LogP contribution is 2.23. The third-order valence-corrected chi connectivity index (χ3v) is 3.54. The van der Waals surface area contributed by atoms with Crippen molar-refractivity contribution in [1.29, 1.82) is 0 Å². The molecule has 1 heterocycles. The largest absolute Gasteiger partial charge is 0.497 e. The van der Waals surface area contributed by atoms with Gasteiger partial charge in [-0.1, -0.05) is 28.1 Å². The number of hydrogen-bond acceptors (Lipinski definition) is 3. The number of nitrogens with two attached hydrogens (primary N) is 1. The Hall–Kier alpha value is -1.88. The number of carbonyl (C=O) groups is 1. The molecule has 104 valence electrons. The van der Waals surface area contributed by atoms with E-state index >= 15 is 0 Å². The first-order valence-corrected chi connectivity index (χ1v) is 6.93. The predicted octanol–water partition coefficient (Wildman–Crippen LogP) is 2.66. The quantitative estimate of drug-likeness (QED) is 0.914. The minimum absolute atomic E-state index is 0.383. The molecule has 0 aliphatic heterocycles. The minimum Gasteiger partial charge on any atom is -0.497 e. The van der Waals surface area contributed by atoms with Crippen LogP contribution in [-0.2, 0) is 11.2 Å². The van der Waals surface area contributed by atoms with E-state index in [2.05, 4.69) is 20.9 Å². The summed E-state index contributed by atoms with van der Waals surface area (Å²) in [6.45, 7) is 0. The number of rotatable bonds is 5. The van der Waals surface area contributed by atoms with Gasteiger partial charge in [0.15, 0.2) is 0 Å². The van der Waals surface area contributed by atoms with E-state index in [-0.39, 0.29) is 5.91 Å². The van der Waals surface area contributed by atoms with E-state index in [0.717, 1.165) is 15.8 Å². The molecule has 0 spiro atoms. The number of halogens is 1. The van der Waals surface area contributed by atoms with Crippen LogP contribution in [0.3, 0.4) is 0 Å². The molecule has 2 aromatic rings. The topological polar surface area (TPSA) is 65.2 Å². The van der Waals surface area contributed by atoms with Crippen LogP contribution in [0.5, 0.6) is 5.75 Å². The summed E-state index contributed by atoms with van der Waals surface area (Å²) in [4.78, 5) is 15.9. The van der Waals surface area contributed by atoms with Crippen molar-refractivity contribution >= 4 is 21.8 Å². The molecule has 0 aliphatic carbocycles. The maximum atomic E-state index is 11.7. The Balaban J connectivity index is 2.23. The highest BCUT2D eigenvalue weighted by Gasteiger charge is 2.20. The number of hydrogen-bond donors (Lipinski definition) is 1. The fourth-order valence-corrected chi connectivity index (χ4v) is 2.31. The number of amides is 1. The van der Waals surface area contributed by atoms with E-state index in [1.165, 1.54) is 0 Å². The molecule has 0 bridgehead atoms. The zero-order valence-corrected chi connectivity index (χ0v) is 12.6. The highest BCUT2D eigenvalue weighted by molar-refractivity contribution is 9.10. The summed E-state index contributed by atoms with van der Waals surface area (Å²) in [5.41, 5.74) is 7.18. The van der Waals surface area contributed by atoms with Gasteiger partial charge in [0.05, 0.1) is 18.7 Å². The van der Waals surface area contributed by atoms with Gasteiger partial charge in [-0.2, -0.15) is 0 Å². The number of aromatic nitrogens is 1. The Labute approximate surface area is 126 Å². The molecular formula is C15H15BrN2O2. The monoisotopic (exact) mass is 334 g/mol. The first-order valence-electron chi connectivity index (χ1n) is 6.14. The molecular weight excluding hydrogens is 320 g/mol. The lowest BCUT2D eigenvalue weighted by Gasteiger charge is -2.13. The molecule has 1 atom stereocenters. The number of primary amides is 1. The summed E-state index contributed by atoms with van der Waals surface area (Å²) in [5.74, 6) is -0.0442. The summed E-state index contributed by atoms with van der Waals surface area (Å²) < 4.78 is 5.99. The van der Waals surface area contributed by atoms with Gasteiger partial charge in [-0.15, -0.1) is 0 Å². The number of pyridine rings is 1. The normalized spacial score (nSPS) is 11.9. The third kappa shape index (κ3) is 3.57. The molecule has 1 aromatic carbocycles. The maximum absolute atomic E-state index is 11.7. The lowest BCUT2D eigenvalue weighted by Crippen LogP contribution is -2.24. The molecule has 5 heteroatoms. The van der Waals surface area contributed by atoms with Crippen molar-refractivity contribution in [1.82, 2.24) is 4.98 Å². The maximum Gasteiger partial charge on any atom is 0.226 e. The Morgan fingerprint density at radius 2 is 2.05 bits per heavy atom. The number of methoxy groups -OCH3 is 1. The van der Waals surface area contributed by atoms with E-state index in [9.17, 15) is 4.79 Å². The summed E-state index contributed by atoms with van der Waals surface area (Å²) >= 11 is 3.38. The van der Waals surface area contributed by atoms with Crippen LogP contribution in [0.25, 0.3) is 0 Å². The molecule has 1 unspecified atom stereocenters. The van der Waals surface area contributed by atoms with Crippen molar-refractivity contribution in [3.63, 3.8) is 0 Å². The van der Waals surface area contributed by atoms with Crippen LogP contribution in [0.4, 0.5) is 0 Å². The van der Waals surface area contributed by atoms with Gasteiger partial charge in [-0.3, -0.25) is 9.78 Å². The van der Waals surface area contributed by atoms with Crippen LogP contribution in [0, 0.1) is 0 Å². The van der Waals surface area contributed by atoms with Gasteiger partial charge in [0.25, 0.3) is 0 Å². The zero-order chi connectivity index (χ0) is 14.5. The van der Waals surface area contributed by atoms with Crippen molar-refractivity contribution in [3.8, 4) is 5.75 Å². The van der Waals surface area contributed by atoms with Crippen molar-refractivity contribution in [2.24, 2.45) is 5.73 Å². The van der Waals surface area contributed by atoms with E-state index in [4.69, 9.17) is 10.5 Å². The summed E-state index contributed by atoms with van der Waals surface area (Å²) in [6, 6.07) is 11.2. The molecule has 0 fully saturated rings. The molecule has 2 rings (SSSR count). The summed E-state index contributed by atoms with van der Waals surface area (Å²) in [6.07, 6.45) is 2.17. The molecule has 20 heavy (non-hydrogen) atoms. The van der Waals surface area contributed by atoms with Gasteiger partial charge in [0.2, 0.25) is 5.91 Å². The minimum atomic E-state index is -0.444. The summed E-state index contributed by atoms with van der Waals surface area (Å²) in [5, 5.41) is 0. The Kier molecular flexibility index (Phi) is 4.74. The van der Waals surface area contributed by atoms with Crippen molar-refractivity contribution in [2.45, 2.75) is 12.3 Å². The lowest BCUT2D eigenvalue weighted by molar-refractivity contribution is -0.119. The molecule has 0 aliphatic rings. The van der Waals surface area contributed by atoms with Crippen LogP contribution >= 0.6 is 15.9 Å². The van der Waals surface area contributed by atoms with Crippen LogP contribution in [0.15, 0.2) is 47.1 Å². The second kappa shape index (κ2) is 6.52. The predicted molar refractivity (Wildman–Crippen MR) is 80.6 cm³/mol. The van der Waals surface area contributed by atoms with Crippen molar-refractivity contribution in [3.05, 3.63) is 58.3 Å². The van der Waals surface area contributed by atoms with Gasteiger partial charge >= 0.3 is 0 Å². The van der Waals surface area contributed by atoms with E-state index in [1.54, 1.807) is 13.3 Å². The van der Waals surface area contributed by atoms with Crippen LogP contribution < -0.4 is 10.5 Å². The SMILES string of the molecule is COc1ccc(CC(C(N)=O)c2cc(Br)ccn2)cc1. The molecule has 0 saturated heterocycles. The average Bonchev–Trinajstić information content (AvgIpc) is 2.45. The molecule has 0 saturated carbocycles. The molecule has 2 N–H and O–H groups in total. The standard InChI is InChI=1S/C15H15BrN2O2/c1-20-12-4-2-10(3-5-12)8-13(15(17)19)14-9-11(16)6-7-18-14/h2-7,9,13H,8H2,1H3,(H2,17,19). The molecule has 4 nitrogen and oxygen atoms in total. The van der Waals surface area contributed by atoms with Gasteiger partial charge in [-0.05, 0) is 36.2 Å². The first kappa shape index (κ1) is 14.5. The second-order valence-corrected chi connectivity index (χ2v) is 5.32. The van der Waals surface area contributed by atoms with Crippen molar-refractivity contribution < 1.29 is 9.53 Å². The molecule has 1 amide bonds. The van der Waals surface area contributed by atoms with E-state index < -0.39 is 5.92 Å². The number of carbonyl (C=O) groups excluding carboxylic acids is 1.